The van der Waals surface area contributed by atoms with Crippen LogP contribution in [-0.2, 0) is 68.9 Å². The molecule has 0 amide bonds. The van der Waals surface area contributed by atoms with Crippen molar-refractivity contribution in [2.75, 3.05) is 6.61 Å². The highest BCUT2D eigenvalue weighted by molar-refractivity contribution is 5.68. The average molecular weight is 863 g/mol. The van der Waals surface area contributed by atoms with Crippen LogP contribution in [0.1, 0.15) is 44.5 Å². The Balaban J connectivity index is 1.16. The zero-order chi connectivity index (χ0) is 44.1. The highest BCUT2D eigenvalue weighted by Gasteiger charge is 2.58. The van der Waals surface area contributed by atoms with E-state index in [2.05, 4.69) is 42.5 Å². The van der Waals surface area contributed by atoms with Crippen molar-refractivity contribution < 1.29 is 33.5 Å². The van der Waals surface area contributed by atoms with E-state index in [9.17, 15) is 5.11 Å². The highest BCUT2D eigenvalue weighted by Crippen LogP contribution is 2.45. The van der Waals surface area contributed by atoms with Gasteiger partial charge in [-0.05, 0) is 68.6 Å². The van der Waals surface area contributed by atoms with Crippen LogP contribution in [0.5, 0.6) is 5.75 Å². The lowest BCUT2D eigenvalue weighted by Crippen LogP contribution is -2.65. The van der Waals surface area contributed by atoms with E-state index in [4.69, 9.17) is 28.4 Å². The van der Waals surface area contributed by atoms with Gasteiger partial charge in [-0.3, -0.25) is 0 Å². The van der Waals surface area contributed by atoms with E-state index in [1.54, 1.807) is 0 Å². The third-order valence-corrected chi connectivity index (χ3v) is 11.8. The summed E-state index contributed by atoms with van der Waals surface area (Å²) in [6, 6.07) is 70.8. The Hall–Kier alpha value is -6.42. The van der Waals surface area contributed by atoms with Crippen LogP contribution in [-0.4, -0.2) is 36.1 Å². The number of aliphatic hydroxyl groups is 1. The molecule has 1 heterocycles. The van der Waals surface area contributed by atoms with Crippen LogP contribution < -0.4 is 4.74 Å². The molecule has 0 radical (unpaired) electrons. The molecule has 6 aromatic rings. The van der Waals surface area contributed by atoms with Crippen molar-refractivity contribution in [2.45, 2.75) is 69.7 Å². The molecule has 3 aliphatic rings. The summed E-state index contributed by atoms with van der Waals surface area (Å²) in [5, 5.41) is 13.8. The van der Waals surface area contributed by atoms with Crippen molar-refractivity contribution in [3.05, 3.63) is 257 Å². The van der Waals surface area contributed by atoms with Gasteiger partial charge in [0.15, 0.2) is 0 Å². The number of hydrogen-bond acceptors (Lipinski definition) is 7. The summed E-state index contributed by atoms with van der Waals surface area (Å²) >= 11 is 0. The Morgan fingerprint density at radius 1 is 0.415 bits per heavy atom. The third-order valence-electron chi connectivity index (χ3n) is 11.8. The topological polar surface area (TPSA) is 75.6 Å². The van der Waals surface area contributed by atoms with E-state index < -0.39 is 30.2 Å². The van der Waals surface area contributed by atoms with E-state index in [1.807, 2.05) is 170 Å². The summed E-state index contributed by atoms with van der Waals surface area (Å²) in [6.07, 6.45) is -2.94. The number of rotatable bonds is 19. The molecule has 7 nitrogen and oxygen atoms in total. The van der Waals surface area contributed by atoms with Crippen LogP contribution in [0.3, 0.4) is 0 Å². The molecule has 328 valence electrons. The fourth-order valence-corrected chi connectivity index (χ4v) is 8.52. The van der Waals surface area contributed by atoms with Crippen LogP contribution >= 0.6 is 0 Å². The van der Waals surface area contributed by atoms with Gasteiger partial charge in [0.2, 0.25) is 5.79 Å². The van der Waals surface area contributed by atoms with Crippen LogP contribution in [0, 0.1) is 0 Å². The molecule has 1 N–H and O–H groups in total. The minimum Gasteiger partial charge on any atom is -0.488 e. The van der Waals surface area contributed by atoms with Crippen molar-refractivity contribution in [2.24, 2.45) is 0 Å². The molecule has 1 unspecified atom stereocenters. The first-order chi connectivity index (χ1) is 32.1. The fraction of sp³-hybridized carbons (Fsp3) is 0.207. The van der Waals surface area contributed by atoms with E-state index in [0.29, 0.717) is 24.3 Å². The first-order valence-corrected chi connectivity index (χ1v) is 22.3. The van der Waals surface area contributed by atoms with E-state index in [0.717, 1.165) is 50.1 Å². The Morgan fingerprint density at radius 3 is 1.38 bits per heavy atom. The molecule has 65 heavy (non-hydrogen) atoms. The van der Waals surface area contributed by atoms with Gasteiger partial charge in [0, 0.05) is 0 Å². The molecule has 0 bridgehead atoms. The SMILES string of the molecule is OC1(c2cc(Cc3cc4cccccc-4c3)ccc2OCc2ccccc2)O[C@H](COCc2ccccc2)[C@@H](OCc2ccccc2)[C@H](OCc2ccccc2)[C@H]1OCc1ccccc1. The maximum atomic E-state index is 13.8. The van der Waals surface area contributed by atoms with Gasteiger partial charge in [-0.2, -0.15) is 0 Å². The van der Waals surface area contributed by atoms with E-state index >= 15 is 0 Å². The van der Waals surface area contributed by atoms with Gasteiger partial charge in [-0.15, -0.1) is 0 Å². The molecule has 1 fully saturated rings. The number of ether oxygens (including phenoxy) is 6. The zero-order valence-electron chi connectivity index (χ0n) is 36.4. The van der Waals surface area contributed by atoms with Gasteiger partial charge < -0.3 is 33.5 Å². The largest absolute Gasteiger partial charge is 0.488 e. The number of fused-ring (bicyclic) bond motifs is 1. The summed E-state index contributed by atoms with van der Waals surface area (Å²) in [6.45, 7) is 1.36. The summed E-state index contributed by atoms with van der Waals surface area (Å²) in [7, 11) is 0. The lowest BCUT2D eigenvalue weighted by atomic mass is 9.86. The van der Waals surface area contributed by atoms with Crippen molar-refractivity contribution in [1.82, 2.24) is 0 Å². The fourth-order valence-electron chi connectivity index (χ4n) is 8.52. The molecular formula is C58H54O7. The molecule has 0 aromatic heterocycles. The second-order valence-electron chi connectivity index (χ2n) is 16.6. The van der Waals surface area contributed by atoms with Crippen LogP contribution in [0.15, 0.2) is 212 Å². The average Bonchev–Trinajstić information content (AvgIpc) is 3.60. The van der Waals surface area contributed by atoms with E-state index in [-0.39, 0.29) is 33.0 Å². The summed E-state index contributed by atoms with van der Waals surface area (Å²) in [5.74, 6) is -1.67. The van der Waals surface area contributed by atoms with E-state index in [1.165, 1.54) is 0 Å². The van der Waals surface area contributed by atoms with Gasteiger partial charge in [-0.25, -0.2) is 0 Å². The predicted octanol–water partition coefficient (Wildman–Crippen LogP) is 11.5. The van der Waals surface area contributed by atoms with Crippen molar-refractivity contribution >= 4 is 0 Å². The molecule has 9 rings (SSSR count). The van der Waals surface area contributed by atoms with Crippen molar-refractivity contribution in [1.29, 1.82) is 0 Å². The summed E-state index contributed by atoms with van der Waals surface area (Å²) in [5.41, 5.74) is 9.74. The van der Waals surface area contributed by atoms with Crippen LogP contribution in [0.2, 0.25) is 0 Å². The molecule has 2 aliphatic carbocycles. The Morgan fingerprint density at radius 2 is 0.862 bits per heavy atom. The molecule has 0 saturated carbocycles. The second kappa shape index (κ2) is 21.5. The van der Waals surface area contributed by atoms with Crippen molar-refractivity contribution in [3.63, 3.8) is 0 Å². The molecular weight excluding hydrogens is 809 g/mol. The van der Waals surface area contributed by atoms with Crippen LogP contribution in [0.25, 0.3) is 11.1 Å². The zero-order valence-corrected chi connectivity index (χ0v) is 36.4. The Bertz CT molecular complexity index is 2600. The molecule has 5 atom stereocenters. The second-order valence-corrected chi connectivity index (χ2v) is 16.6. The lowest BCUT2D eigenvalue weighted by Gasteiger charge is -2.50. The Kier molecular flexibility index (Phi) is 14.5. The molecule has 1 saturated heterocycles. The number of hydrogen-bond donors (Lipinski definition) is 1. The first-order valence-electron chi connectivity index (χ1n) is 22.3. The summed E-state index contributed by atoms with van der Waals surface area (Å²) < 4.78 is 41.3. The van der Waals surface area contributed by atoms with Gasteiger partial charge in [0.1, 0.15) is 36.8 Å². The summed E-state index contributed by atoms with van der Waals surface area (Å²) in [4.78, 5) is 0. The van der Waals surface area contributed by atoms with Crippen molar-refractivity contribution in [3.8, 4) is 16.9 Å². The van der Waals surface area contributed by atoms with Gasteiger partial charge in [0.05, 0.1) is 38.6 Å². The third kappa shape index (κ3) is 11.3. The highest BCUT2D eigenvalue weighted by atomic mass is 16.7. The predicted molar refractivity (Wildman–Crippen MR) is 253 cm³/mol. The quantitative estimate of drug-likeness (QED) is 0.0868. The normalized spacial score (nSPS) is 19.5. The monoisotopic (exact) mass is 862 g/mol. The Labute approximate surface area is 382 Å². The van der Waals surface area contributed by atoms with Gasteiger partial charge >= 0.3 is 0 Å². The van der Waals surface area contributed by atoms with Gasteiger partial charge in [-0.1, -0.05) is 200 Å². The smallest absolute Gasteiger partial charge is 0.226 e. The minimum absolute atomic E-state index is 0.0880. The molecule has 1 aliphatic heterocycles. The van der Waals surface area contributed by atoms with Gasteiger partial charge in [0.25, 0.3) is 0 Å². The van der Waals surface area contributed by atoms with Crippen LogP contribution in [0.4, 0.5) is 0 Å². The molecule has 0 spiro atoms. The molecule has 6 aromatic carbocycles. The standard InChI is InChI=1S/C58H54O7/c59-58(52-36-48(31-32-53(52)61-38-44-21-9-2-10-22-44)33-49-34-50-29-17-6-18-30-51(50)35-49)57(64-41-47-27-15-5-16-28-47)56(63-40-46-25-13-4-14-26-46)55(62-39-45-23-11-3-12-24-45)54(65-58)42-60-37-43-19-7-1-8-20-43/h1-32,34-36,54-57,59H,33,37-42H2/t54-,55-,56+,57-,58?/m1/s1. The number of benzene rings is 6. The lowest BCUT2D eigenvalue weighted by molar-refractivity contribution is -0.379. The first kappa shape index (κ1) is 43.8. The molecule has 7 heteroatoms. The maximum Gasteiger partial charge on any atom is 0.226 e. The maximum absolute atomic E-state index is 13.8. The minimum atomic E-state index is -2.13.